The summed E-state index contributed by atoms with van der Waals surface area (Å²) >= 11 is 0. The number of imidazole rings is 1. The number of carbonyl (C=O) groups excluding carboxylic acids is 3. The van der Waals surface area contributed by atoms with E-state index in [1.165, 1.54) is 4.90 Å². The molecule has 0 aliphatic carbocycles. The van der Waals surface area contributed by atoms with Crippen molar-refractivity contribution in [3.63, 3.8) is 0 Å². The molecule has 0 saturated heterocycles. The van der Waals surface area contributed by atoms with Crippen molar-refractivity contribution in [3.05, 3.63) is 89.4 Å². The van der Waals surface area contributed by atoms with Crippen LogP contribution in [0.15, 0.2) is 66.9 Å². The zero-order valence-corrected chi connectivity index (χ0v) is 30.0. The minimum Gasteiger partial charge on any atom is -0.466 e. The fourth-order valence-electron chi connectivity index (χ4n) is 4.97. The molecule has 0 spiro atoms. The standard InChI is InChI=1S/C34H41N7O5.CH4O3S/c1-4-6-7-10-21-46-34(44)39-31(36)24-14-12-23(13-15-24)30(35)32-38-26-22-25(16-17-27(26)40(32)3)33(43)41(20-18-29(42)45-5-2)28-11-8-9-19-37-28;1-5(2,3)4/h8-9,11-17,19,22,30H,4-7,10,18,20-21,35H2,1-3H3,(H2,36,39,44);1H3,(H,2,3,4). The van der Waals surface area contributed by atoms with E-state index < -0.39 is 28.2 Å². The summed E-state index contributed by atoms with van der Waals surface area (Å²) in [6.45, 7) is 4.53. The van der Waals surface area contributed by atoms with Crippen LogP contribution in [0.25, 0.3) is 11.0 Å². The van der Waals surface area contributed by atoms with E-state index in [4.69, 9.17) is 30.2 Å². The van der Waals surface area contributed by atoms with Gasteiger partial charge in [0.15, 0.2) is 0 Å². The first-order valence-corrected chi connectivity index (χ1v) is 18.2. The lowest BCUT2D eigenvalue weighted by Gasteiger charge is -2.21. The fraction of sp³-hybridized carbons (Fsp3) is 0.371. The van der Waals surface area contributed by atoms with Crippen LogP contribution in [0, 0.1) is 5.41 Å². The first-order chi connectivity index (χ1) is 24.2. The molecule has 0 aliphatic heterocycles. The molecule has 4 aromatic rings. The van der Waals surface area contributed by atoms with Crippen LogP contribution in [0.3, 0.4) is 0 Å². The maximum absolute atomic E-state index is 13.7. The van der Waals surface area contributed by atoms with Crippen molar-refractivity contribution in [2.45, 2.75) is 52.0 Å². The van der Waals surface area contributed by atoms with Gasteiger partial charge in [-0.05, 0) is 49.2 Å². The van der Waals surface area contributed by atoms with E-state index >= 15 is 0 Å². The summed E-state index contributed by atoms with van der Waals surface area (Å²) in [7, 11) is -1.81. The number of nitrogens with one attached hydrogen (secondary N) is 2. The van der Waals surface area contributed by atoms with E-state index in [0.717, 1.165) is 36.8 Å². The number of esters is 1. The van der Waals surface area contributed by atoms with Gasteiger partial charge in [0.2, 0.25) is 0 Å². The molecule has 15 nitrogen and oxygen atoms in total. The van der Waals surface area contributed by atoms with Gasteiger partial charge in [0.25, 0.3) is 16.0 Å². The van der Waals surface area contributed by atoms with Crippen molar-refractivity contribution in [1.29, 1.82) is 5.41 Å². The summed E-state index contributed by atoms with van der Waals surface area (Å²) in [4.78, 5) is 48.3. The Morgan fingerprint density at radius 1 is 1.02 bits per heavy atom. The first-order valence-electron chi connectivity index (χ1n) is 16.4. The number of aryl methyl sites for hydroxylation is 1. The molecule has 0 aliphatic rings. The van der Waals surface area contributed by atoms with Crippen LogP contribution in [0.1, 0.15) is 79.3 Å². The van der Waals surface area contributed by atoms with Crippen LogP contribution < -0.4 is 16.0 Å². The highest BCUT2D eigenvalue weighted by molar-refractivity contribution is 7.85. The number of pyridine rings is 1. The van der Waals surface area contributed by atoms with Crippen LogP contribution >= 0.6 is 0 Å². The fourth-order valence-corrected chi connectivity index (χ4v) is 4.97. The molecule has 0 radical (unpaired) electrons. The molecule has 51 heavy (non-hydrogen) atoms. The number of hydrogen-bond acceptors (Lipinski definition) is 11. The summed E-state index contributed by atoms with van der Waals surface area (Å²) in [6, 6.07) is 16.9. The summed E-state index contributed by atoms with van der Waals surface area (Å²) < 4.78 is 38.0. The number of ether oxygens (including phenoxy) is 2. The van der Waals surface area contributed by atoms with E-state index in [1.54, 1.807) is 67.7 Å². The monoisotopic (exact) mass is 723 g/mol. The summed E-state index contributed by atoms with van der Waals surface area (Å²) in [5, 5.41) is 10.7. The molecule has 2 heterocycles. The van der Waals surface area contributed by atoms with Gasteiger partial charge < -0.3 is 19.8 Å². The average molecular weight is 724 g/mol. The van der Waals surface area contributed by atoms with Crippen molar-refractivity contribution < 1.29 is 36.8 Å². The maximum Gasteiger partial charge on any atom is 0.412 e. The van der Waals surface area contributed by atoms with E-state index in [0.29, 0.717) is 41.1 Å². The van der Waals surface area contributed by atoms with Crippen LogP contribution in [0.4, 0.5) is 10.6 Å². The van der Waals surface area contributed by atoms with E-state index in [-0.39, 0.29) is 31.3 Å². The molecular weight excluding hydrogens is 678 g/mol. The summed E-state index contributed by atoms with van der Waals surface area (Å²) in [5.41, 5.74) is 9.65. The first kappa shape index (κ1) is 40.2. The highest BCUT2D eigenvalue weighted by atomic mass is 32.2. The van der Waals surface area contributed by atoms with Crippen LogP contribution in [-0.2, 0) is 31.4 Å². The second-order valence-electron chi connectivity index (χ2n) is 11.5. The number of fused-ring (bicyclic) bond motifs is 1. The van der Waals surface area contributed by atoms with Crippen molar-refractivity contribution in [1.82, 2.24) is 19.9 Å². The van der Waals surface area contributed by atoms with E-state index in [1.807, 2.05) is 17.7 Å². The van der Waals surface area contributed by atoms with Crippen LogP contribution in [0.2, 0.25) is 0 Å². The van der Waals surface area contributed by atoms with Gasteiger partial charge in [-0.1, -0.05) is 56.5 Å². The number of carbonyl (C=O) groups is 3. The molecule has 274 valence electrons. The average Bonchev–Trinajstić information content (AvgIpc) is 3.43. The topological polar surface area (TPSA) is 220 Å². The summed E-state index contributed by atoms with van der Waals surface area (Å²) in [6.07, 6.45) is 5.66. The molecule has 0 bridgehead atoms. The Labute approximate surface area is 297 Å². The van der Waals surface area contributed by atoms with Gasteiger partial charge in [0.05, 0.1) is 43.0 Å². The third-order valence-electron chi connectivity index (χ3n) is 7.47. The molecule has 1 atom stereocenters. The Bertz CT molecular complexity index is 1890. The molecule has 4 rings (SSSR count). The van der Waals surface area contributed by atoms with Crippen molar-refractivity contribution in [2.75, 3.05) is 30.9 Å². The van der Waals surface area contributed by atoms with Crippen molar-refractivity contribution >= 4 is 50.8 Å². The van der Waals surface area contributed by atoms with Gasteiger partial charge in [0, 0.05) is 30.9 Å². The molecule has 0 saturated carbocycles. The normalized spacial score (nSPS) is 11.6. The predicted molar refractivity (Wildman–Crippen MR) is 193 cm³/mol. The van der Waals surface area contributed by atoms with Crippen LogP contribution in [-0.4, -0.2) is 77.3 Å². The lowest BCUT2D eigenvalue weighted by Crippen LogP contribution is -2.34. The Morgan fingerprint density at radius 2 is 1.71 bits per heavy atom. The van der Waals surface area contributed by atoms with Crippen molar-refractivity contribution in [2.24, 2.45) is 12.8 Å². The molecule has 2 aromatic heterocycles. The number of benzene rings is 2. The predicted octanol–water partition coefficient (Wildman–Crippen LogP) is 4.75. The highest BCUT2D eigenvalue weighted by Crippen LogP contribution is 2.25. The zero-order chi connectivity index (χ0) is 37.6. The zero-order valence-electron chi connectivity index (χ0n) is 29.2. The number of hydrogen-bond donors (Lipinski definition) is 4. The molecule has 16 heteroatoms. The quantitative estimate of drug-likeness (QED) is 0.0457. The Balaban J connectivity index is 0.00000131. The molecule has 2 amide bonds. The number of unbranched alkanes of at least 4 members (excludes halogenated alkanes) is 3. The highest BCUT2D eigenvalue weighted by Gasteiger charge is 2.23. The smallest absolute Gasteiger partial charge is 0.412 e. The number of rotatable bonds is 14. The third-order valence-corrected chi connectivity index (χ3v) is 7.47. The molecule has 5 N–H and O–H groups in total. The number of alkyl carbamates (subject to hydrolysis) is 1. The molecular formula is C35H45N7O8S. The number of nitrogens with zero attached hydrogens (tertiary/aromatic N) is 4. The Hall–Kier alpha value is -5.19. The van der Waals surface area contributed by atoms with Gasteiger partial charge in [-0.3, -0.25) is 29.8 Å². The largest absolute Gasteiger partial charge is 0.466 e. The maximum atomic E-state index is 13.7. The van der Waals surface area contributed by atoms with Gasteiger partial charge in [0.1, 0.15) is 17.5 Å². The minimum atomic E-state index is -3.67. The minimum absolute atomic E-state index is 0.0263. The van der Waals surface area contributed by atoms with Crippen LogP contribution in [0.5, 0.6) is 0 Å². The molecule has 1 unspecified atom stereocenters. The third kappa shape index (κ3) is 12.6. The van der Waals surface area contributed by atoms with Crippen molar-refractivity contribution in [3.8, 4) is 0 Å². The van der Waals surface area contributed by atoms with Gasteiger partial charge in [-0.25, -0.2) is 14.8 Å². The Kier molecular flexibility index (Phi) is 15.2. The summed E-state index contributed by atoms with van der Waals surface area (Å²) in [5.74, 6) is 0.212. The van der Waals surface area contributed by atoms with E-state index in [2.05, 4.69) is 17.2 Å². The molecule has 2 aromatic carbocycles. The van der Waals surface area contributed by atoms with Gasteiger partial charge >= 0.3 is 12.1 Å². The lowest BCUT2D eigenvalue weighted by molar-refractivity contribution is -0.142. The SMILES string of the molecule is CCCCCCOC(=O)NC(=N)c1ccc(C(N)c2nc3cc(C(=O)N(CCC(=O)OCC)c4ccccn4)ccc3n2C)cc1.CS(=O)(=O)O. The molecule has 0 fully saturated rings. The lowest BCUT2D eigenvalue weighted by atomic mass is 10.0. The van der Waals surface area contributed by atoms with E-state index in [9.17, 15) is 22.8 Å². The van der Waals surface area contributed by atoms with Gasteiger partial charge in [-0.2, -0.15) is 8.42 Å². The number of aromatic nitrogens is 3. The van der Waals surface area contributed by atoms with Gasteiger partial charge in [-0.15, -0.1) is 0 Å². The number of amides is 2. The number of amidine groups is 1. The Morgan fingerprint density at radius 3 is 2.33 bits per heavy atom. The second-order valence-corrected chi connectivity index (χ2v) is 12.9. The number of anilines is 1. The second kappa shape index (κ2) is 19.3. The number of nitrogens with two attached hydrogens (primary N) is 1.